The number of esters is 1. The molecule has 0 fully saturated rings. The van der Waals surface area contributed by atoms with E-state index in [1.807, 2.05) is 50.1 Å². The summed E-state index contributed by atoms with van der Waals surface area (Å²) in [6, 6.07) is 13.8. The number of hydrogen-bond donors (Lipinski definition) is 1. The Morgan fingerprint density at radius 3 is 2.50 bits per heavy atom. The van der Waals surface area contributed by atoms with Gasteiger partial charge in [0, 0.05) is 35.6 Å². The van der Waals surface area contributed by atoms with Crippen LogP contribution in [0.5, 0.6) is 0 Å². The molecule has 0 radical (unpaired) electrons. The fourth-order valence-electron chi connectivity index (χ4n) is 3.60. The molecular weight excluding hydrogens is 404 g/mol. The Kier molecular flexibility index (Phi) is 5.72. The van der Waals surface area contributed by atoms with Gasteiger partial charge in [0.2, 0.25) is 10.0 Å². The van der Waals surface area contributed by atoms with Crippen molar-refractivity contribution in [3.63, 3.8) is 0 Å². The monoisotopic (exact) mass is 428 g/mol. The van der Waals surface area contributed by atoms with Crippen LogP contribution >= 0.6 is 0 Å². The molecule has 1 N–H and O–H groups in total. The molecule has 2 aromatic rings. The first-order chi connectivity index (χ1) is 14.0. The number of para-hydroxylation sites is 1. The van der Waals surface area contributed by atoms with E-state index in [0.717, 1.165) is 23.2 Å². The number of sulfonamides is 1. The van der Waals surface area contributed by atoms with Gasteiger partial charge in [-0.25, -0.2) is 13.2 Å². The van der Waals surface area contributed by atoms with Crippen molar-refractivity contribution < 1.29 is 22.7 Å². The van der Waals surface area contributed by atoms with Gasteiger partial charge in [0.25, 0.3) is 0 Å². The van der Waals surface area contributed by atoms with Crippen molar-refractivity contribution in [1.29, 1.82) is 0 Å². The summed E-state index contributed by atoms with van der Waals surface area (Å²) in [5, 5.41) is 0. The van der Waals surface area contributed by atoms with Crippen molar-refractivity contribution in [3.05, 3.63) is 71.4 Å². The minimum atomic E-state index is -3.47. The Labute approximate surface area is 176 Å². The Balaban J connectivity index is 1.69. The van der Waals surface area contributed by atoms with E-state index < -0.39 is 22.6 Å². The van der Waals surface area contributed by atoms with Crippen molar-refractivity contribution >= 4 is 33.2 Å². The number of carbonyl (C=O) groups is 2. The highest BCUT2D eigenvalue weighted by molar-refractivity contribution is 7.92. The highest BCUT2D eigenvalue weighted by Crippen LogP contribution is 2.46. The number of anilines is 2. The third-order valence-corrected chi connectivity index (χ3v) is 5.59. The second kappa shape index (κ2) is 7.95. The van der Waals surface area contributed by atoms with E-state index >= 15 is 0 Å². The Bertz CT molecular complexity index is 1140. The number of likely N-dealkylation sites (N-methyl/N-ethyl adjacent to an activating group) is 1. The number of nitrogens with zero attached hydrogens (tertiary/aromatic N) is 1. The lowest BCUT2D eigenvalue weighted by atomic mass is 9.83. The first kappa shape index (κ1) is 21.6. The molecule has 1 aliphatic heterocycles. The number of ketones is 1. The number of benzene rings is 2. The number of ether oxygens (including phenoxy) is 1. The van der Waals surface area contributed by atoms with Gasteiger partial charge in [-0.15, -0.1) is 0 Å². The van der Waals surface area contributed by atoms with Gasteiger partial charge in [-0.05, 0) is 29.8 Å². The van der Waals surface area contributed by atoms with Gasteiger partial charge < -0.3 is 9.64 Å². The zero-order valence-electron chi connectivity index (χ0n) is 17.3. The molecule has 0 aromatic heterocycles. The van der Waals surface area contributed by atoms with E-state index in [9.17, 15) is 18.0 Å². The van der Waals surface area contributed by atoms with E-state index in [1.165, 1.54) is 30.3 Å². The average molecular weight is 429 g/mol. The van der Waals surface area contributed by atoms with Crippen LogP contribution in [0.25, 0.3) is 0 Å². The molecule has 0 atom stereocenters. The molecule has 3 rings (SSSR count). The SMILES string of the molecule is CN1/C(=C\C(=O)COC(=O)c2cccc(NS(C)(=O)=O)c2)C(C)(C)c2ccccc21. The molecular formula is C22H24N2O5S. The standard InChI is InChI=1S/C22H24N2O5S/c1-22(2)18-10-5-6-11-19(18)24(3)20(22)13-17(25)14-29-21(26)15-8-7-9-16(12-15)23-30(4,27)28/h5-13,23H,14H2,1-4H3/b20-13-. The van der Waals surface area contributed by atoms with Gasteiger partial charge in [0.05, 0.1) is 11.8 Å². The molecule has 30 heavy (non-hydrogen) atoms. The summed E-state index contributed by atoms with van der Waals surface area (Å²) in [6.07, 6.45) is 2.53. The van der Waals surface area contributed by atoms with Crippen LogP contribution in [0, 0.1) is 0 Å². The molecule has 1 aliphatic rings. The lowest BCUT2D eigenvalue weighted by Gasteiger charge is -2.23. The maximum absolute atomic E-state index is 12.5. The molecule has 7 nitrogen and oxygen atoms in total. The topological polar surface area (TPSA) is 92.8 Å². The van der Waals surface area contributed by atoms with Crippen LogP contribution < -0.4 is 9.62 Å². The van der Waals surface area contributed by atoms with Crippen LogP contribution in [0.1, 0.15) is 29.8 Å². The third-order valence-electron chi connectivity index (χ3n) is 4.99. The zero-order chi connectivity index (χ0) is 22.1. The molecule has 8 heteroatoms. The van der Waals surface area contributed by atoms with E-state index in [0.29, 0.717) is 0 Å². The fraction of sp³-hybridized carbons (Fsp3) is 0.273. The molecule has 1 heterocycles. The van der Waals surface area contributed by atoms with Crippen molar-refractivity contribution in [1.82, 2.24) is 0 Å². The average Bonchev–Trinajstić information content (AvgIpc) is 2.86. The summed E-state index contributed by atoms with van der Waals surface area (Å²) in [6.45, 7) is 3.67. The Hall–Kier alpha value is -3.13. The summed E-state index contributed by atoms with van der Waals surface area (Å²) in [4.78, 5) is 26.8. The molecule has 0 saturated carbocycles. The molecule has 0 aliphatic carbocycles. The maximum Gasteiger partial charge on any atom is 0.338 e. The van der Waals surface area contributed by atoms with Crippen LogP contribution in [-0.4, -0.2) is 40.1 Å². The summed E-state index contributed by atoms with van der Waals surface area (Å²) in [5.41, 5.74) is 3.02. The van der Waals surface area contributed by atoms with E-state index in [4.69, 9.17) is 4.74 Å². The first-order valence-corrected chi connectivity index (χ1v) is 11.2. The molecule has 0 amide bonds. The predicted octanol–water partition coefficient (Wildman–Crippen LogP) is 3.10. The van der Waals surface area contributed by atoms with Crippen LogP contribution in [0.4, 0.5) is 11.4 Å². The van der Waals surface area contributed by atoms with Crippen LogP contribution in [0.3, 0.4) is 0 Å². The van der Waals surface area contributed by atoms with E-state index in [2.05, 4.69) is 4.72 Å². The highest BCUT2D eigenvalue weighted by atomic mass is 32.2. The summed E-state index contributed by atoms with van der Waals surface area (Å²) < 4.78 is 30.1. The fourth-order valence-corrected chi connectivity index (χ4v) is 4.15. The molecule has 0 spiro atoms. The molecule has 0 bridgehead atoms. The zero-order valence-corrected chi connectivity index (χ0v) is 18.1. The summed E-state index contributed by atoms with van der Waals surface area (Å²) in [7, 11) is -1.56. The van der Waals surface area contributed by atoms with E-state index in [-0.39, 0.29) is 22.4 Å². The minimum Gasteiger partial charge on any atom is -0.454 e. The largest absolute Gasteiger partial charge is 0.454 e. The van der Waals surface area contributed by atoms with E-state index in [1.54, 1.807) is 0 Å². The van der Waals surface area contributed by atoms with Gasteiger partial charge in [-0.2, -0.15) is 0 Å². The predicted molar refractivity (Wildman–Crippen MR) is 116 cm³/mol. The van der Waals surface area contributed by atoms with Crippen LogP contribution in [0.15, 0.2) is 60.3 Å². The Morgan fingerprint density at radius 2 is 1.83 bits per heavy atom. The number of nitrogens with one attached hydrogen (secondary N) is 1. The first-order valence-electron chi connectivity index (χ1n) is 9.32. The number of rotatable bonds is 6. The number of hydrogen-bond acceptors (Lipinski definition) is 6. The van der Waals surface area contributed by atoms with Crippen molar-refractivity contribution in [3.8, 4) is 0 Å². The smallest absolute Gasteiger partial charge is 0.338 e. The molecule has 2 aromatic carbocycles. The molecule has 0 saturated heterocycles. The lowest BCUT2D eigenvalue weighted by Crippen LogP contribution is -2.25. The summed E-state index contributed by atoms with van der Waals surface area (Å²) in [5.74, 6) is -1.04. The van der Waals surface area contributed by atoms with Gasteiger partial charge >= 0.3 is 5.97 Å². The van der Waals surface area contributed by atoms with Crippen molar-refractivity contribution in [2.75, 3.05) is 29.5 Å². The van der Waals surface area contributed by atoms with Gasteiger partial charge in [-0.3, -0.25) is 9.52 Å². The molecule has 158 valence electrons. The second-order valence-electron chi connectivity index (χ2n) is 7.73. The number of fused-ring (bicyclic) bond motifs is 1. The second-order valence-corrected chi connectivity index (χ2v) is 9.48. The van der Waals surface area contributed by atoms with Crippen LogP contribution in [0.2, 0.25) is 0 Å². The van der Waals surface area contributed by atoms with Crippen LogP contribution in [-0.2, 0) is 25.0 Å². The lowest BCUT2D eigenvalue weighted by molar-refractivity contribution is -0.117. The quantitative estimate of drug-likeness (QED) is 0.561. The summed E-state index contributed by atoms with van der Waals surface area (Å²) >= 11 is 0. The minimum absolute atomic E-state index is 0.148. The number of allylic oxidation sites excluding steroid dienone is 1. The van der Waals surface area contributed by atoms with Gasteiger partial charge in [-0.1, -0.05) is 38.1 Å². The Morgan fingerprint density at radius 1 is 1.13 bits per heavy atom. The van der Waals surface area contributed by atoms with Crippen molar-refractivity contribution in [2.24, 2.45) is 0 Å². The van der Waals surface area contributed by atoms with Gasteiger partial charge in [0.15, 0.2) is 12.4 Å². The number of carbonyl (C=O) groups excluding carboxylic acids is 2. The third kappa shape index (κ3) is 4.54. The van der Waals surface area contributed by atoms with Gasteiger partial charge in [0.1, 0.15) is 0 Å². The highest BCUT2D eigenvalue weighted by Gasteiger charge is 2.38. The molecule has 0 unspecified atom stereocenters. The normalized spacial score (nSPS) is 16.3. The van der Waals surface area contributed by atoms with Crippen molar-refractivity contribution in [2.45, 2.75) is 19.3 Å². The maximum atomic E-state index is 12.5.